The van der Waals surface area contributed by atoms with E-state index in [-0.39, 0.29) is 6.10 Å². The summed E-state index contributed by atoms with van der Waals surface area (Å²) in [6.45, 7) is 4.50. The average Bonchev–Trinajstić information content (AvgIpc) is 2.45. The number of halogens is 1. The van der Waals surface area contributed by atoms with Gasteiger partial charge in [-0.2, -0.15) is 0 Å². The third kappa shape index (κ3) is 4.28. The van der Waals surface area contributed by atoms with Crippen LogP contribution in [0, 0.1) is 0 Å². The zero-order valence-electron chi connectivity index (χ0n) is 11.5. The average molecular weight is 328 g/mol. The maximum atomic E-state index is 5.96. The van der Waals surface area contributed by atoms with E-state index in [0.717, 1.165) is 44.6 Å². The van der Waals surface area contributed by atoms with E-state index >= 15 is 0 Å². The van der Waals surface area contributed by atoms with Gasteiger partial charge >= 0.3 is 0 Å². The molecule has 1 unspecified atom stereocenters. The SMILES string of the molecule is COCCN(CCBr)CC1OCCc2ccccc21. The van der Waals surface area contributed by atoms with Crippen molar-refractivity contribution >= 4 is 15.9 Å². The molecule has 0 aliphatic carbocycles. The van der Waals surface area contributed by atoms with Crippen LogP contribution in [0.1, 0.15) is 17.2 Å². The normalized spacial score (nSPS) is 18.6. The fourth-order valence-corrected chi connectivity index (χ4v) is 3.00. The van der Waals surface area contributed by atoms with Gasteiger partial charge in [0.1, 0.15) is 0 Å². The molecule has 19 heavy (non-hydrogen) atoms. The molecule has 3 nitrogen and oxygen atoms in total. The van der Waals surface area contributed by atoms with Crippen LogP contribution < -0.4 is 0 Å². The number of fused-ring (bicyclic) bond motifs is 1. The summed E-state index contributed by atoms with van der Waals surface area (Å²) in [7, 11) is 1.75. The monoisotopic (exact) mass is 327 g/mol. The minimum absolute atomic E-state index is 0.195. The van der Waals surface area contributed by atoms with Crippen molar-refractivity contribution in [3.8, 4) is 0 Å². The highest BCUT2D eigenvalue weighted by Gasteiger charge is 2.22. The Morgan fingerprint density at radius 3 is 3.00 bits per heavy atom. The van der Waals surface area contributed by atoms with Crippen LogP contribution in [-0.2, 0) is 15.9 Å². The Hall–Kier alpha value is -0.420. The lowest BCUT2D eigenvalue weighted by molar-refractivity contribution is 0.0125. The van der Waals surface area contributed by atoms with Crippen LogP contribution in [0.5, 0.6) is 0 Å². The fraction of sp³-hybridized carbons (Fsp3) is 0.600. The number of nitrogens with zero attached hydrogens (tertiary/aromatic N) is 1. The molecule has 0 bridgehead atoms. The van der Waals surface area contributed by atoms with Crippen LogP contribution in [0.25, 0.3) is 0 Å². The van der Waals surface area contributed by atoms with Gasteiger partial charge in [-0.15, -0.1) is 0 Å². The summed E-state index contributed by atoms with van der Waals surface area (Å²) >= 11 is 3.52. The van der Waals surface area contributed by atoms with E-state index in [9.17, 15) is 0 Å². The van der Waals surface area contributed by atoms with E-state index in [1.807, 2.05) is 0 Å². The number of benzene rings is 1. The second-order valence-electron chi connectivity index (χ2n) is 4.79. The predicted molar refractivity (Wildman–Crippen MR) is 80.9 cm³/mol. The molecule has 0 aromatic heterocycles. The lowest BCUT2D eigenvalue weighted by atomic mass is 9.97. The molecule has 1 atom stereocenters. The Morgan fingerprint density at radius 2 is 2.21 bits per heavy atom. The zero-order valence-corrected chi connectivity index (χ0v) is 13.1. The first kappa shape index (κ1) is 15.0. The van der Waals surface area contributed by atoms with Crippen LogP contribution in [0.4, 0.5) is 0 Å². The van der Waals surface area contributed by atoms with Crippen molar-refractivity contribution in [2.75, 3.05) is 45.3 Å². The summed E-state index contributed by atoms with van der Waals surface area (Å²) in [5, 5.41) is 0.977. The Bertz CT molecular complexity index is 386. The summed E-state index contributed by atoms with van der Waals surface area (Å²) in [6.07, 6.45) is 1.23. The Balaban J connectivity index is 2.01. The molecule has 0 spiro atoms. The molecular formula is C15H22BrNO2. The second-order valence-corrected chi connectivity index (χ2v) is 5.58. The van der Waals surface area contributed by atoms with Gasteiger partial charge in [-0.05, 0) is 17.5 Å². The van der Waals surface area contributed by atoms with Gasteiger partial charge < -0.3 is 9.47 Å². The van der Waals surface area contributed by atoms with Crippen LogP contribution >= 0.6 is 15.9 Å². The van der Waals surface area contributed by atoms with Gasteiger partial charge in [0.2, 0.25) is 0 Å². The first-order chi connectivity index (χ1) is 9.35. The first-order valence-corrected chi connectivity index (χ1v) is 7.94. The largest absolute Gasteiger partial charge is 0.383 e. The summed E-state index contributed by atoms with van der Waals surface area (Å²) in [5.41, 5.74) is 2.79. The maximum absolute atomic E-state index is 5.96. The van der Waals surface area contributed by atoms with Gasteiger partial charge in [0.05, 0.1) is 19.3 Å². The quantitative estimate of drug-likeness (QED) is 0.719. The third-order valence-electron chi connectivity index (χ3n) is 3.53. The molecule has 1 aromatic carbocycles. The Labute approximate surface area is 124 Å². The van der Waals surface area contributed by atoms with Crippen molar-refractivity contribution in [2.45, 2.75) is 12.5 Å². The van der Waals surface area contributed by atoms with Gasteiger partial charge in [-0.3, -0.25) is 4.90 Å². The third-order valence-corrected chi connectivity index (χ3v) is 3.88. The van der Waals surface area contributed by atoms with Crippen molar-refractivity contribution in [1.82, 2.24) is 4.90 Å². The summed E-state index contributed by atoms with van der Waals surface area (Å²) in [6, 6.07) is 8.63. The van der Waals surface area contributed by atoms with Gasteiger partial charge in [0, 0.05) is 32.1 Å². The van der Waals surface area contributed by atoms with Gasteiger partial charge in [-0.1, -0.05) is 40.2 Å². The molecule has 1 aliphatic rings. The first-order valence-electron chi connectivity index (χ1n) is 6.82. The molecule has 0 N–H and O–H groups in total. The molecule has 4 heteroatoms. The topological polar surface area (TPSA) is 21.7 Å². The van der Waals surface area contributed by atoms with Crippen LogP contribution in [0.2, 0.25) is 0 Å². The van der Waals surface area contributed by atoms with E-state index in [0.29, 0.717) is 0 Å². The number of hydrogen-bond donors (Lipinski definition) is 0. The van der Waals surface area contributed by atoms with E-state index in [1.165, 1.54) is 11.1 Å². The number of alkyl halides is 1. The smallest absolute Gasteiger partial charge is 0.0954 e. The molecule has 1 aromatic rings. The summed E-state index contributed by atoms with van der Waals surface area (Å²) < 4.78 is 11.1. The molecule has 0 radical (unpaired) electrons. The number of ether oxygens (including phenoxy) is 2. The van der Waals surface area contributed by atoms with Crippen molar-refractivity contribution < 1.29 is 9.47 Å². The molecule has 0 amide bonds. The van der Waals surface area contributed by atoms with Gasteiger partial charge in [-0.25, -0.2) is 0 Å². The summed E-state index contributed by atoms with van der Waals surface area (Å²) in [5.74, 6) is 0. The molecule has 0 fully saturated rings. The van der Waals surface area contributed by atoms with Crippen LogP contribution in [0.3, 0.4) is 0 Å². The Kier molecular flexibility index (Phi) is 6.31. The molecule has 1 heterocycles. The van der Waals surface area contributed by atoms with Gasteiger partial charge in [0.15, 0.2) is 0 Å². The molecular weight excluding hydrogens is 306 g/mol. The lowest BCUT2D eigenvalue weighted by Gasteiger charge is -2.31. The molecule has 0 saturated carbocycles. The summed E-state index contributed by atoms with van der Waals surface area (Å²) in [4.78, 5) is 2.39. The van der Waals surface area contributed by atoms with Gasteiger partial charge in [0.25, 0.3) is 0 Å². The standard InChI is InChI=1S/C15H22BrNO2/c1-18-11-9-17(8-7-16)12-15-14-5-3-2-4-13(14)6-10-19-15/h2-5,15H,6-12H2,1H3. The molecule has 2 rings (SSSR count). The molecule has 0 saturated heterocycles. The van der Waals surface area contributed by atoms with Crippen LogP contribution in [0.15, 0.2) is 24.3 Å². The number of rotatable bonds is 7. The highest BCUT2D eigenvalue weighted by atomic mass is 79.9. The highest BCUT2D eigenvalue weighted by molar-refractivity contribution is 9.09. The van der Waals surface area contributed by atoms with E-state index in [2.05, 4.69) is 45.1 Å². The highest BCUT2D eigenvalue weighted by Crippen LogP contribution is 2.27. The van der Waals surface area contributed by atoms with Crippen molar-refractivity contribution in [1.29, 1.82) is 0 Å². The number of methoxy groups -OCH3 is 1. The number of hydrogen-bond acceptors (Lipinski definition) is 3. The minimum Gasteiger partial charge on any atom is -0.383 e. The Morgan fingerprint density at radius 1 is 1.37 bits per heavy atom. The van der Waals surface area contributed by atoms with E-state index in [1.54, 1.807) is 7.11 Å². The van der Waals surface area contributed by atoms with E-state index < -0.39 is 0 Å². The molecule has 106 valence electrons. The second kappa shape index (κ2) is 8.00. The predicted octanol–water partition coefficient (Wildman–Crippen LogP) is 2.64. The fourth-order valence-electron chi connectivity index (χ4n) is 2.50. The van der Waals surface area contributed by atoms with Crippen molar-refractivity contribution in [3.05, 3.63) is 35.4 Å². The van der Waals surface area contributed by atoms with Crippen molar-refractivity contribution in [3.63, 3.8) is 0 Å². The van der Waals surface area contributed by atoms with Crippen LogP contribution in [-0.4, -0.2) is 50.2 Å². The van der Waals surface area contributed by atoms with Crippen molar-refractivity contribution in [2.24, 2.45) is 0 Å². The van der Waals surface area contributed by atoms with E-state index in [4.69, 9.17) is 9.47 Å². The minimum atomic E-state index is 0.195. The zero-order chi connectivity index (χ0) is 13.5. The lowest BCUT2D eigenvalue weighted by Crippen LogP contribution is -2.35. The molecule has 1 aliphatic heterocycles. The maximum Gasteiger partial charge on any atom is 0.0954 e.